The van der Waals surface area contributed by atoms with Crippen molar-refractivity contribution in [3.63, 3.8) is 0 Å². The number of rotatable bonds is 1. The highest BCUT2D eigenvalue weighted by Crippen LogP contribution is 2.33. The molecule has 15 heavy (non-hydrogen) atoms. The van der Waals surface area contributed by atoms with E-state index in [4.69, 9.17) is 0 Å². The molecule has 0 heterocycles. The van der Waals surface area contributed by atoms with Crippen molar-refractivity contribution in [3.8, 4) is 11.1 Å². The Balaban J connectivity index is 2.63. The monoisotopic (exact) mass is 324 g/mol. The molecule has 2 aromatic rings. The van der Waals surface area contributed by atoms with Gasteiger partial charge in [0.05, 0.1) is 0 Å². The van der Waals surface area contributed by atoms with Gasteiger partial charge in [0.1, 0.15) is 0 Å². The zero-order valence-electron chi connectivity index (χ0n) is 8.30. The highest BCUT2D eigenvalue weighted by Gasteiger charge is 2.06. The fourth-order valence-corrected chi connectivity index (χ4v) is 2.58. The van der Waals surface area contributed by atoms with Crippen LogP contribution in [0.4, 0.5) is 0 Å². The normalized spacial score (nSPS) is 10.3. The Morgan fingerprint density at radius 3 is 2.27 bits per heavy atom. The first-order valence-electron chi connectivity index (χ1n) is 4.69. The lowest BCUT2D eigenvalue weighted by atomic mass is 10.0. The highest BCUT2D eigenvalue weighted by molar-refractivity contribution is 9.11. The van der Waals surface area contributed by atoms with Crippen LogP contribution in [0, 0.1) is 6.92 Å². The van der Waals surface area contributed by atoms with E-state index in [1.54, 1.807) is 0 Å². The van der Waals surface area contributed by atoms with Gasteiger partial charge in [0, 0.05) is 8.95 Å². The lowest BCUT2D eigenvalue weighted by molar-refractivity contribution is 1.41. The predicted octanol–water partition coefficient (Wildman–Crippen LogP) is 5.19. The molecule has 0 aliphatic heterocycles. The second-order valence-electron chi connectivity index (χ2n) is 3.45. The van der Waals surface area contributed by atoms with Crippen LogP contribution >= 0.6 is 31.9 Å². The maximum atomic E-state index is 3.63. The highest BCUT2D eigenvalue weighted by atomic mass is 79.9. The zero-order valence-corrected chi connectivity index (χ0v) is 11.5. The number of aryl methyl sites for hydroxylation is 1. The molecule has 2 heteroatoms. The fraction of sp³-hybridized carbons (Fsp3) is 0.0769. The lowest BCUT2D eigenvalue weighted by Gasteiger charge is -2.08. The van der Waals surface area contributed by atoms with E-state index in [9.17, 15) is 0 Å². The molecule has 0 saturated carbocycles. The van der Waals surface area contributed by atoms with Gasteiger partial charge in [0.15, 0.2) is 0 Å². The average Bonchev–Trinajstić information content (AvgIpc) is 2.24. The summed E-state index contributed by atoms with van der Waals surface area (Å²) in [4.78, 5) is 0. The van der Waals surface area contributed by atoms with E-state index in [0.717, 1.165) is 8.95 Å². The van der Waals surface area contributed by atoms with Crippen molar-refractivity contribution in [2.45, 2.75) is 6.92 Å². The van der Waals surface area contributed by atoms with Gasteiger partial charge in [-0.15, -0.1) is 0 Å². The summed E-state index contributed by atoms with van der Waals surface area (Å²) in [6.07, 6.45) is 0. The predicted molar refractivity (Wildman–Crippen MR) is 72.0 cm³/mol. The summed E-state index contributed by atoms with van der Waals surface area (Å²) in [5, 5.41) is 0. The molecule has 0 spiro atoms. The van der Waals surface area contributed by atoms with E-state index in [-0.39, 0.29) is 0 Å². The maximum Gasteiger partial charge on any atom is 0.0283 e. The summed E-state index contributed by atoms with van der Waals surface area (Å²) in [6, 6.07) is 14.6. The fourth-order valence-electron chi connectivity index (χ4n) is 1.55. The Kier molecular flexibility index (Phi) is 3.27. The van der Waals surface area contributed by atoms with E-state index < -0.39 is 0 Å². The van der Waals surface area contributed by atoms with Crippen molar-refractivity contribution in [1.29, 1.82) is 0 Å². The van der Waals surface area contributed by atoms with E-state index in [1.807, 2.05) is 6.07 Å². The summed E-state index contributed by atoms with van der Waals surface area (Å²) in [5.74, 6) is 0. The molecule has 0 amide bonds. The molecule has 2 aromatic carbocycles. The summed E-state index contributed by atoms with van der Waals surface area (Å²) in [5.41, 5.74) is 3.69. The lowest BCUT2D eigenvalue weighted by Crippen LogP contribution is -1.84. The standard InChI is InChI=1S/C13H10Br2/c1-9-7-11(14)8-12(13(9)15)10-5-3-2-4-6-10/h2-8H,1H3. The van der Waals surface area contributed by atoms with Crippen LogP contribution in [0.2, 0.25) is 0 Å². The summed E-state index contributed by atoms with van der Waals surface area (Å²) >= 11 is 7.15. The van der Waals surface area contributed by atoms with Crippen molar-refractivity contribution in [3.05, 3.63) is 57.0 Å². The molecule has 0 N–H and O–H groups in total. The van der Waals surface area contributed by atoms with Gasteiger partial charge in [-0.2, -0.15) is 0 Å². The number of hydrogen-bond acceptors (Lipinski definition) is 0. The minimum atomic E-state index is 1.11. The molecule has 0 fully saturated rings. The first-order chi connectivity index (χ1) is 7.18. The van der Waals surface area contributed by atoms with Crippen LogP contribution in [0.15, 0.2) is 51.4 Å². The molecule has 76 valence electrons. The van der Waals surface area contributed by atoms with Crippen LogP contribution in [0.1, 0.15) is 5.56 Å². The molecule has 0 atom stereocenters. The van der Waals surface area contributed by atoms with Gasteiger partial charge in [0.25, 0.3) is 0 Å². The minimum Gasteiger partial charge on any atom is -0.0622 e. The van der Waals surface area contributed by atoms with Crippen molar-refractivity contribution < 1.29 is 0 Å². The molecule has 2 rings (SSSR count). The quantitative estimate of drug-likeness (QED) is 0.677. The van der Waals surface area contributed by atoms with Gasteiger partial charge in [-0.25, -0.2) is 0 Å². The molecule has 0 nitrogen and oxygen atoms in total. The maximum absolute atomic E-state index is 3.63. The Bertz CT molecular complexity index is 475. The summed E-state index contributed by atoms with van der Waals surface area (Å²) in [6.45, 7) is 2.10. The molecule has 0 aliphatic carbocycles. The summed E-state index contributed by atoms with van der Waals surface area (Å²) < 4.78 is 2.28. The van der Waals surface area contributed by atoms with E-state index >= 15 is 0 Å². The molecule has 0 aromatic heterocycles. The molecule has 0 bridgehead atoms. The Morgan fingerprint density at radius 2 is 1.60 bits per heavy atom. The summed E-state index contributed by atoms with van der Waals surface area (Å²) in [7, 11) is 0. The third-order valence-electron chi connectivity index (χ3n) is 2.30. The van der Waals surface area contributed by atoms with Gasteiger partial charge >= 0.3 is 0 Å². The second-order valence-corrected chi connectivity index (χ2v) is 5.16. The number of hydrogen-bond donors (Lipinski definition) is 0. The molecule has 0 saturated heterocycles. The van der Waals surface area contributed by atoms with Crippen LogP contribution in [0.25, 0.3) is 11.1 Å². The third kappa shape index (κ3) is 2.32. The van der Waals surface area contributed by atoms with Crippen molar-refractivity contribution in [2.75, 3.05) is 0 Å². The van der Waals surface area contributed by atoms with Gasteiger partial charge < -0.3 is 0 Å². The number of halogens is 2. The Morgan fingerprint density at radius 1 is 0.933 bits per heavy atom. The zero-order chi connectivity index (χ0) is 10.8. The van der Waals surface area contributed by atoms with Crippen LogP contribution in [0.3, 0.4) is 0 Å². The Hall–Kier alpha value is -0.600. The SMILES string of the molecule is Cc1cc(Br)cc(-c2ccccc2)c1Br. The number of benzene rings is 2. The molecule has 0 unspecified atom stereocenters. The first kappa shape index (κ1) is 10.9. The van der Waals surface area contributed by atoms with Crippen LogP contribution < -0.4 is 0 Å². The van der Waals surface area contributed by atoms with Gasteiger partial charge in [0.2, 0.25) is 0 Å². The van der Waals surface area contributed by atoms with Crippen LogP contribution in [0.5, 0.6) is 0 Å². The first-order valence-corrected chi connectivity index (χ1v) is 6.28. The average molecular weight is 326 g/mol. The largest absolute Gasteiger partial charge is 0.0622 e. The molecular formula is C13H10Br2. The van der Waals surface area contributed by atoms with Crippen LogP contribution in [-0.2, 0) is 0 Å². The minimum absolute atomic E-state index is 1.11. The van der Waals surface area contributed by atoms with Crippen molar-refractivity contribution in [2.24, 2.45) is 0 Å². The van der Waals surface area contributed by atoms with E-state index in [1.165, 1.54) is 16.7 Å². The smallest absolute Gasteiger partial charge is 0.0283 e. The van der Waals surface area contributed by atoms with E-state index in [0.29, 0.717) is 0 Å². The molecule has 0 aliphatic rings. The van der Waals surface area contributed by atoms with Gasteiger partial charge in [-0.1, -0.05) is 46.3 Å². The van der Waals surface area contributed by atoms with E-state index in [2.05, 4.69) is 75.2 Å². The van der Waals surface area contributed by atoms with Gasteiger partial charge in [-0.05, 0) is 51.7 Å². The van der Waals surface area contributed by atoms with Crippen molar-refractivity contribution in [1.82, 2.24) is 0 Å². The molecule has 0 radical (unpaired) electrons. The topological polar surface area (TPSA) is 0 Å². The van der Waals surface area contributed by atoms with Crippen molar-refractivity contribution >= 4 is 31.9 Å². The van der Waals surface area contributed by atoms with Gasteiger partial charge in [-0.3, -0.25) is 0 Å². The second kappa shape index (κ2) is 4.50. The third-order valence-corrected chi connectivity index (χ3v) is 3.81. The molecular weight excluding hydrogens is 316 g/mol. The Labute approximate surface area is 107 Å². The van der Waals surface area contributed by atoms with Crippen LogP contribution in [-0.4, -0.2) is 0 Å².